The van der Waals surface area contributed by atoms with Crippen LogP contribution in [0.5, 0.6) is 11.6 Å². The Balaban J connectivity index is 1.90. The first-order chi connectivity index (χ1) is 12.1. The van der Waals surface area contributed by atoms with Crippen LogP contribution in [0.1, 0.15) is 11.1 Å². The van der Waals surface area contributed by atoms with Crippen molar-refractivity contribution in [2.24, 2.45) is 5.18 Å². The molecule has 128 valence electrons. The first kappa shape index (κ1) is 16.0. The fraction of sp³-hybridized carbons (Fsp3) is 0.176. The Kier molecular flexibility index (Phi) is 3.93. The molecule has 0 bridgehead atoms. The molecule has 0 radical (unpaired) electrons. The van der Waals surface area contributed by atoms with Gasteiger partial charge >= 0.3 is 0 Å². The van der Waals surface area contributed by atoms with Gasteiger partial charge in [-0.1, -0.05) is 15.9 Å². The molecule has 0 saturated heterocycles. The molecule has 0 spiro atoms. The molecule has 1 aliphatic heterocycles. The highest BCUT2D eigenvalue weighted by atomic mass is 79.9. The molecule has 1 aromatic heterocycles. The number of rotatable bonds is 3. The third-order valence-electron chi connectivity index (χ3n) is 4.14. The second kappa shape index (κ2) is 6.12. The second-order valence-electron chi connectivity index (χ2n) is 5.67. The number of hydrogen-bond donors (Lipinski definition) is 1. The van der Waals surface area contributed by atoms with Gasteiger partial charge in [0.25, 0.3) is 0 Å². The molecule has 0 fully saturated rings. The summed E-state index contributed by atoms with van der Waals surface area (Å²) in [5, 5.41) is 13.9. The van der Waals surface area contributed by atoms with Gasteiger partial charge in [-0.25, -0.2) is 4.39 Å². The van der Waals surface area contributed by atoms with Gasteiger partial charge in [0.2, 0.25) is 5.88 Å². The summed E-state index contributed by atoms with van der Waals surface area (Å²) in [7, 11) is 0. The Bertz CT molecular complexity index is 1000. The van der Waals surface area contributed by atoms with Crippen molar-refractivity contribution in [3.63, 3.8) is 0 Å². The highest BCUT2D eigenvalue weighted by Gasteiger charge is 2.22. The maximum absolute atomic E-state index is 13.9. The Hall–Kier alpha value is -2.45. The molecule has 0 atom stereocenters. The van der Waals surface area contributed by atoms with Crippen LogP contribution in [-0.2, 0) is 17.9 Å². The quantitative estimate of drug-likeness (QED) is 0.646. The fourth-order valence-electron chi connectivity index (χ4n) is 3.09. The van der Waals surface area contributed by atoms with E-state index in [4.69, 9.17) is 9.47 Å². The Morgan fingerprint density at radius 1 is 1.32 bits per heavy atom. The van der Waals surface area contributed by atoms with E-state index in [0.717, 1.165) is 4.47 Å². The molecule has 0 amide bonds. The molecule has 0 aliphatic carbocycles. The van der Waals surface area contributed by atoms with Crippen molar-refractivity contribution in [1.29, 1.82) is 0 Å². The zero-order valence-electron chi connectivity index (χ0n) is 12.8. The van der Waals surface area contributed by atoms with Gasteiger partial charge in [0.15, 0.2) is 12.5 Å². The number of aromatic hydroxyl groups is 1. The summed E-state index contributed by atoms with van der Waals surface area (Å²) in [4.78, 5) is 11.1. The van der Waals surface area contributed by atoms with E-state index in [9.17, 15) is 14.4 Å². The summed E-state index contributed by atoms with van der Waals surface area (Å²) in [5.74, 6) is -0.161. The fourth-order valence-corrected chi connectivity index (χ4v) is 3.43. The largest absolute Gasteiger partial charge is 0.493 e. The van der Waals surface area contributed by atoms with Crippen LogP contribution in [0.15, 0.2) is 40.0 Å². The number of nitrogens with zero attached hydrogens (tertiary/aromatic N) is 2. The summed E-state index contributed by atoms with van der Waals surface area (Å²) in [5.41, 5.74) is 1.71. The van der Waals surface area contributed by atoms with Crippen molar-refractivity contribution in [2.75, 3.05) is 6.79 Å². The van der Waals surface area contributed by atoms with Crippen LogP contribution in [0.4, 0.5) is 10.1 Å². The Labute approximate surface area is 149 Å². The van der Waals surface area contributed by atoms with Gasteiger partial charge in [-0.2, -0.15) is 0 Å². The van der Waals surface area contributed by atoms with Crippen LogP contribution in [0.25, 0.3) is 10.9 Å². The second-order valence-corrected chi connectivity index (χ2v) is 6.59. The van der Waals surface area contributed by atoms with Gasteiger partial charge < -0.3 is 19.1 Å². The number of fused-ring (bicyclic) bond motifs is 2. The molecule has 1 aliphatic rings. The lowest BCUT2D eigenvalue weighted by Gasteiger charge is -2.21. The number of halogens is 2. The molecule has 6 nitrogen and oxygen atoms in total. The van der Waals surface area contributed by atoms with Crippen molar-refractivity contribution in [1.82, 2.24) is 4.57 Å². The van der Waals surface area contributed by atoms with Gasteiger partial charge in [-0.3, -0.25) is 0 Å². The smallest absolute Gasteiger partial charge is 0.222 e. The summed E-state index contributed by atoms with van der Waals surface area (Å²) in [6.45, 7) is 0.455. The van der Waals surface area contributed by atoms with Gasteiger partial charge in [0.05, 0.1) is 18.7 Å². The van der Waals surface area contributed by atoms with Crippen LogP contribution in [0, 0.1) is 10.7 Å². The van der Waals surface area contributed by atoms with Crippen LogP contribution < -0.4 is 4.74 Å². The van der Waals surface area contributed by atoms with Gasteiger partial charge in [-0.05, 0) is 35.5 Å². The molecule has 1 N–H and O–H groups in total. The van der Waals surface area contributed by atoms with Crippen LogP contribution in [-0.4, -0.2) is 16.5 Å². The zero-order chi connectivity index (χ0) is 17.6. The minimum atomic E-state index is -0.422. The first-order valence-electron chi connectivity index (χ1n) is 7.44. The summed E-state index contributed by atoms with van der Waals surface area (Å²) in [6, 6.07) is 7.92. The average molecular weight is 407 g/mol. The molecule has 2 aromatic carbocycles. The monoisotopic (exact) mass is 406 g/mol. The van der Waals surface area contributed by atoms with E-state index in [0.29, 0.717) is 27.8 Å². The van der Waals surface area contributed by atoms with Crippen molar-refractivity contribution in [2.45, 2.75) is 13.2 Å². The zero-order valence-corrected chi connectivity index (χ0v) is 14.4. The van der Waals surface area contributed by atoms with E-state index in [-0.39, 0.29) is 31.5 Å². The van der Waals surface area contributed by atoms with E-state index >= 15 is 0 Å². The lowest BCUT2D eigenvalue weighted by Crippen LogP contribution is -2.14. The van der Waals surface area contributed by atoms with Crippen LogP contribution in [0.2, 0.25) is 0 Å². The topological polar surface area (TPSA) is 73.0 Å². The summed E-state index contributed by atoms with van der Waals surface area (Å²) >= 11 is 3.37. The minimum Gasteiger partial charge on any atom is -0.493 e. The lowest BCUT2D eigenvalue weighted by atomic mass is 10.1. The van der Waals surface area contributed by atoms with Crippen molar-refractivity contribution >= 4 is 32.5 Å². The molecule has 8 heteroatoms. The Morgan fingerprint density at radius 2 is 2.16 bits per heavy atom. The SMILES string of the molecule is O=Nc1c(O)n(Cc2cc(F)cc3c2OCOC3)c2cc(Br)ccc12. The third-order valence-corrected chi connectivity index (χ3v) is 4.64. The van der Waals surface area contributed by atoms with Crippen LogP contribution in [0.3, 0.4) is 0 Å². The maximum Gasteiger partial charge on any atom is 0.222 e. The highest BCUT2D eigenvalue weighted by Crippen LogP contribution is 2.41. The lowest BCUT2D eigenvalue weighted by molar-refractivity contribution is -0.0173. The van der Waals surface area contributed by atoms with E-state index < -0.39 is 5.82 Å². The number of ether oxygens (including phenoxy) is 2. The number of hydrogen-bond acceptors (Lipinski definition) is 5. The Morgan fingerprint density at radius 3 is 2.96 bits per heavy atom. The predicted octanol–water partition coefficient (Wildman–Crippen LogP) is 4.56. The minimum absolute atomic E-state index is 0.0444. The predicted molar refractivity (Wildman–Crippen MR) is 92.5 cm³/mol. The molecule has 25 heavy (non-hydrogen) atoms. The molecular formula is C17H12BrFN2O4. The van der Waals surface area contributed by atoms with Crippen molar-refractivity contribution in [3.05, 3.63) is 56.7 Å². The van der Waals surface area contributed by atoms with Gasteiger partial charge in [0, 0.05) is 21.0 Å². The first-order valence-corrected chi connectivity index (χ1v) is 8.23. The summed E-state index contributed by atoms with van der Waals surface area (Å²) in [6.07, 6.45) is 0. The number of aromatic nitrogens is 1. The van der Waals surface area contributed by atoms with E-state index in [1.54, 1.807) is 18.2 Å². The van der Waals surface area contributed by atoms with Crippen molar-refractivity contribution < 1.29 is 19.0 Å². The molecule has 0 unspecified atom stereocenters. The number of benzene rings is 2. The van der Waals surface area contributed by atoms with Crippen LogP contribution >= 0.6 is 15.9 Å². The van der Waals surface area contributed by atoms with Crippen molar-refractivity contribution in [3.8, 4) is 11.6 Å². The average Bonchev–Trinajstić information content (AvgIpc) is 2.85. The molecule has 0 saturated carbocycles. The maximum atomic E-state index is 13.9. The molecule has 4 rings (SSSR count). The van der Waals surface area contributed by atoms with E-state index in [2.05, 4.69) is 21.1 Å². The summed E-state index contributed by atoms with van der Waals surface area (Å²) < 4.78 is 26.9. The third kappa shape index (κ3) is 2.67. The van der Waals surface area contributed by atoms with E-state index in [1.807, 2.05) is 0 Å². The normalized spacial score (nSPS) is 13.5. The molecule has 2 heterocycles. The highest BCUT2D eigenvalue weighted by molar-refractivity contribution is 9.10. The standard InChI is InChI=1S/C17H12BrFN2O4/c18-11-1-2-13-14(5-11)21(17(22)15(13)20-23)6-9-3-12(19)4-10-7-24-8-25-16(9)10/h1-5,22H,6-8H2. The molecule has 3 aromatic rings. The van der Waals surface area contributed by atoms with Gasteiger partial charge in [0.1, 0.15) is 11.6 Å². The molecular weight excluding hydrogens is 395 g/mol. The van der Waals surface area contributed by atoms with Gasteiger partial charge in [-0.15, -0.1) is 4.91 Å². The van der Waals surface area contributed by atoms with E-state index in [1.165, 1.54) is 16.7 Å². The number of nitroso groups, excluding NO2 is 1.